The van der Waals surface area contributed by atoms with E-state index in [1.165, 1.54) is 89.2 Å². The molecule has 1 aromatic rings. The third kappa shape index (κ3) is 17.5. The van der Waals surface area contributed by atoms with E-state index in [0.717, 1.165) is 30.2 Å². The summed E-state index contributed by atoms with van der Waals surface area (Å²) in [6.45, 7) is 4.42. The SMILES string of the molecule is CCCCCCCCCCCCCCCCCC(=O)ON(CCCC)S(=O)(=O)c1ccccc1.[O]=[Zn]. The van der Waals surface area contributed by atoms with Crippen LogP contribution in [0.2, 0.25) is 0 Å². The van der Waals surface area contributed by atoms with Crippen molar-refractivity contribution in [2.45, 2.75) is 134 Å². The van der Waals surface area contributed by atoms with E-state index in [0.29, 0.717) is 6.42 Å². The first-order valence-electron chi connectivity index (χ1n) is 14.1. The van der Waals surface area contributed by atoms with Crippen LogP contribution in [-0.4, -0.2) is 25.4 Å². The van der Waals surface area contributed by atoms with Gasteiger partial charge in [0.25, 0.3) is 10.0 Å². The van der Waals surface area contributed by atoms with Crippen LogP contribution in [0, 0.1) is 0 Å². The summed E-state index contributed by atoms with van der Waals surface area (Å²) >= 11 is 0.125. The van der Waals surface area contributed by atoms with Crippen molar-refractivity contribution < 1.29 is 39.9 Å². The average Bonchev–Trinajstić information content (AvgIpc) is 2.90. The Morgan fingerprint density at radius 1 is 0.694 bits per heavy atom. The van der Waals surface area contributed by atoms with Crippen LogP contribution in [-0.2, 0) is 41.5 Å². The molecule has 204 valence electrons. The fourth-order valence-corrected chi connectivity index (χ4v) is 5.30. The van der Waals surface area contributed by atoms with Crippen molar-refractivity contribution in [3.63, 3.8) is 0 Å². The van der Waals surface area contributed by atoms with E-state index in [9.17, 15) is 13.2 Å². The van der Waals surface area contributed by atoms with Crippen LogP contribution >= 0.6 is 0 Å². The number of sulfonamides is 1. The molecule has 6 nitrogen and oxygen atoms in total. The molecule has 8 heteroatoms. The molecular formula is C28H49NO5SZn. The van der Waals surface area contributed by atoms with Crippen LogP contribution in [0.1, 0.15) is 129 Å². The molecule has 0 aliphatic heterocycles. The molecule has 0 aliphatic rings. The summed E-state index contributed by atoms with van der Waals surface area (Å²) in [5.74, 6) is -0.467. The first kappa shape index (κ1) is 35.0. The maximum atomic E-state index is 12.8. The minimum atomic E-state index is -3.84. The van der Waals surface area contributed by atoms with Gasteiger partial charge in [-0.05, 0) is 29.4 Å². The number of hydrogen-bond donors (Lipinski definition) is 0. The van der Waals surface area contributed by atoms with Crippen molar-refractivity contribution in [2.75, 3.05) is 6.54 Å². The van der Waals surface area contributed by atoms with Crippen LogP contribution in [0.3, 0.4) is 0 Å². The topological polar surface area (TPSA) is 80.8 Å². The normalized spacial score (nSPS) is 11.2. The first-order valence-corrected chi connectivity index (χ1v) is 16.7. The van der Waals surface area contributed by atoms with Crippen molar-refractivity contribution in [1.29, 1.82) is 0 Å². The van der Waals surface area contributed by atoms with Gasteiger partial charge in [0, 0.05) is 6.42 Å². The summed E-state index contributed by atoms with van der Waals surface area (Å²) in [4.78, 5) is 17.7. The van der Waals surface area contributed by atoms with Gasteiger partial charge in [0.2, 0.25) is 0 Å². The average molecular weight is 577 g/mol. The van der Waals surface area contributed by atoms with Crippen molar-refractivity contribution in [2.24, 2.45) is 0 Å². The molecule has 0 radical (unpaired) electrons. The molecule has 36 heavy (non-hydrogen) atoms. The third-order valence-corrected chi connectivity index (χ3v) is 7.85. The van der Waals surface area contributed by atoms with E-state index in [1.807, 2.05) is 6.92 Å². The van der Waals surface area contributed by atoms with Crippen molar-refractivity contribution in [3.05, 3.63) is 30.3 Å². The molecule has 0 saturated heterocycles. The second-order valence-electron chi connectivity index (χ2n) is 9.36. The van der Waals surface area contributed by atoms with Gasteiger partial charge in [-0.25, -0.2) is 8.42 Å². The monoisotopic (exact) mass is 575 g/mol. The number of benzene rings is 1. The number of hydroxylamine groups is 1. The van der Waals surface area contributed by atoms with E-state index in [2.05, 4.69) is 6.92 Å². The van der Waals surface area contributed by atoms with Gasteiger partial charge in [0.15, 0.2) is 0 Å². The Bertz CT molecular complexity index is 746. The molecule has 0 amide bonds. The first-order chi connectivity index (χ1) is 17.5. The van der Waals surface area contributed by atoms with E-state index in [1.54, 1.807) is 18.2 Å². The molecule has 0 fully saturated rings. The van der Waals surface area contributed by atoms with Gasteiger partial charge in [-0.15, -0.1) is 0 Å². The molecule has 1 aromatic carbocycles. The summed E-state index contributed by atoms with van der Waals surface area (Å²) < 4.78 is 34.9. The number of hydrogen-bond acceptors (Lipinski definition) is 5. The molecule has 0 spiro atoms. The molecule has 0 bridgehead atoms. The Morgan fingerprint density at radius 2 is 1.11 bits per heavy atom. The molecular weight excluding hydrogens is 528 g/mol. The standard InChI is InChI=1S/C28H49NO4S.O.Zn/c1-3-5-7-8-9-10-11-12-13-14-15-16-17-18-22-25-28(30)33-29(26-6-4-2)34(31,32)27-23-20-19-21-24-27;;/h19-21,23-24H,3-18,22,25-26H2,1-2H3;;. The second kappa shape index (κ2) is 24.4. The van der Waals surface area contributed by atoms with Crippen LogP contribution in [0.25, 0.3) is 0 Å². The number of carbonyl (C=O) groups excluding carboxylic acids is 1. The van der Waals surface area contributed by atoms with Crippen LogP contribution in [0.4, 0.5) is 0 Å². The Morgan fingerprint density at radius 3 is 1.56 bits per heavy atom. The Labute approximate surface area is 230 Å². The zero-order valence-corrected chi connectivity index (χ0v) is 26.7. The van der Waals surface area contributed by atoms with Crippen molar-refractivity contribution in [1.82, 2.24) is 4.47 Å². The molecule has 0 unspecified atom stereocenters. The molecule has 0 saturated carbocycles. The summed E-state index contributed by atoms with van der Waals surface area (Å²) in [6, 6.07) is 8.15. The van der Waals surface area contributed by atoms with Gasteiger partial charge in [-0.1, -0.05) is 128 Å². The maximum absolute atomic E-state index is 12.8. The van der Waals surface area contributed by atoms with E-state index in [4.69, 9.17) is 8.41 Å². The molecule has 0 heterocycles. The number of carbonyl (C=O) groups is 1. The molecule has 0 atom stereocenters. The summed E-state index contributed by atoms with van der Waals surface area (Å²) in [6.07, 6.45) is 20.7. The van der Waals surface area contributed by atoms with Gasteiger partial charge in [-0.3, -0.25) is 4.79 Å². The van der Waals surface area contributed by atoms with Gasteiger partial charge in [-0.2, -0.15) is 0 Å². The Hall–Kier alpha value is -0.977. The quantitative estimate of drug-likeness (QED) is 0.0791. The van der Waals surface area contributed by atoms with E-state index < -0.39 is 16.0 Å². The molecule has 0 aromatic heterocycles. The number of nitrogens with zero attached hydrogens (tertiary/aromatic N) is 1. The zero-order valence-electron chi connectivity index (χ0n) is 22.9. The van der Waals surface area contributed by atoms with Crippen LogP contribution in [0.15, 0.2) is 35.2 Å². The van der Waals surface area contributed by atoms with E-state index >= 15 is 0 Å². The van der Waals surface area contributed by atoms with E-state index in [-0.39, 0.29) is 36.1 Å². The van der Waals surface area contributed by atoms with Gasteiger partial charge < -0.3 is 4.84 Å². The Kier molecular flexibility index (Phi) is 23.7. The third-order valence-electron chi connectivity index (χ3n) is 6.19. The van der Waals surface area contributed by atoms with Crippen LogP contribution < -0.4 is 0 Å². The zero-order chi connectivity index (χ0) is 26.9. The summed E-state index contributed by atoms with van der Waals surface area (Å²) in [7, 11) is -3.84. The number of unbranched alkanes of at least 4 members (excludes halogenated alkanes) is 15. The minimum absolute atomic E-state index is 0.125. The summed E-state index contributed by atoms with van der Waals surface area (Å²) in [5.41, 5.74) is 0. The van der Waals surface area contributed by atoms with Crippen molar-refractivity contribution in [3.8, 4) is 0 Å². The molecule has 0 aliphatic carbocycles. The van der Waals surface area contributed by atoms with Crippen molar-refractivity contribution >= 4 is 16.0 Å². The number of rotatable bonds is 22. The fourth-order valence-electron chi connectivity index (χ4n) is 4.01. The van der Waals surface area contributed by atoms with Gasteiger partial charge >= 0.3 is 27.8 Å². The Balaban J connectivity index is 0.00000596. The summed E-state index contributed by atoms with van der Waals surface area (Å²) in [5, 5.41) is 0. The predicted octanol–water partition coefficient (Wildman–Crippen LogP) is 8.08. The molecule has 0 N–H and O–H groups in total. The predicted molar refractivity (Wildman–Crippen MR) is 142 cm³/mol. The molecule has 1 rings (SSSR count). The second-order valence-corrected chi connectivity index (χ2v) is 11.2. The van der Waals surface area contributed by atoms with Gasteiger partial charge in [0.05, 0.1) is 11.4 Å². The fraction of sp³-hybridized carbons (Fsp3) is 0.750. The van der Waals surface area contributed by atoms with Crippen LogP contribution in [0.5, 0.6) is 0 Å². The van der Waals surface area contributed by atoms with Gasteiger partial charge in [0.1, 0.15) is 0 Å².